The molecule has 0 aliphatic carbocycles. The van der Waals surface area contributed by atoms with Crippen molar-refractivity contribution in [2.45, 2.75) is 20.8 Å². The van der Waals surface area contributed by atoms with Gasteiger partial charge in [-0.3, -0.25) is 0 Å². The van der Waals surface area contributed by atoms with Crippen LogP contribution in [-0.2, 0) is 22.4 Å². The Morgan fingerprint density at radius 1 is 0.889 bits per heavy atom. The summed E-state index contributed by atoms with van der Waals surface area (Å²) in [4.78, 5) is 0. The van der Waals surface area contributed by atoms with Crippen molar-refractivity contribution in [2.24, 2.45) is 0 Å². The third-order valence-electron chi connectivity index (χ3n) is 1.34. The average molecular weight is 330 g/mol. The van der Waals surface area contributed by atoms with E-state index < -0.39 is 0 Å². The monoisotopic (exact) mass is 330 g/mol. The Bertz CT molecular complexity index is 30.4. The smallest absolute Gasteiger partial charge is 0.358 e. The number of hydrogen-bond acceptors (Lipinski definition) is 0. The summed E-state index contributed by atoms with van der Waals surface area (Å²) in [6.45, 7) is 6.87. The second-order valence-electron chi connectivity index (χ2n) is 1.62. The number of hydrogen-bond donors (Lipinski definition) is 0. The van der Waals surface area contributed by atoms with E-state index in [0.717, 1.165) is 0 Å². The summed E-state index contributed by atoms with van der Waals surface area (Å²) < 4.78 is 0. The van der Waals surface area contributed by atoms with Gasteiger partial charge in [-0.25, -0.2) is 0 Å². The van der Waals surface area contributed by atoms with E-state index in [0.29, 0.717) is 7.92 Å². The molecule has 0 atom stereocenters. The van der Waals surface area contributed by atoms with Gasteiger partial charge < -0.3 is 7.43 Å². The van der Waals surface area contributed by atoms with Crippen LogP contribution < -0.4 is 0 Å². The van der Waals surface area contributed by atoms with E-state index in [2.05, 4.69) is 20.8 Å². The Balaban J connectivity index is -0.000000180. The van der Waals surface area contributed by atoms with Crippen molar-refractivity contribution >= 4 is 7.92 Å². The standard InChI is InChI=1S/C6H15P.CH3.Au/c1-4-7(5-2)6-3;;/h4-6H2,1-3H3;1H3;/q;-1;+3. The van der Waals surface area contributed by atoms with Crippen LogP contribution >= 0.6 is 7.92 Å². The average Bonchev–Trinajstić information content (AvgIpc) is 1.72. The first-order valence-electron chi connectivity index (χ1n) is 3.07. The molecule has 0 saturated carbocycles. The topological polar surface area (TPSA) is 0 Å². The normalized spacial score (nSPS) is 8.00. The van der Waals surface area contributed by atoms with Gasteiger partial charge in [0.15, 0.2) is 0 Å². The van der Waals surface area contributed by atoms with Gasteiger partial charge >= 0.3 is 22.4 Å². The predicted octanol–water partition coefficient (Wildman–Crippen LogP) is 2.98. The van der Waals surface area contributed by atoms with Crippen molar-refractivity contribution < 1.29 is 22.4 Å². The van der Waals surface area contributed by atoms with Gasteiger partial charge in [-0.05, 0) is 18.5 Å². The zero-order chi connectivity index (χ0) is 5.70. The Morgan fingerprint density at radius 3 is 1.11 bits per heavy atom. The molecule has 0 rings (SSSR count). The minimum atomic E-state index is 0. The van der Waals surface area contributed by atoms with Crippen LogP contribution in [0.25, 0.3) is 0 Å². The molecule has 0 spiro atoms. The first-order valence-corrected chi connectivity index (χ1v) is 4.97. The fourth-order valence-electron chi connectivity index (χ4n) is 0.671. The Labute approximate surface area is 77.1 Å². The maximum Gasteiger partial charge on any atom is 3.00 e. The van der Waals surface area contributed by atoms with Gasteiger partial charge in [0.25, 0.3) is 0 Å². The molecule has 0 aromatic rings. The molecular weight excluding hydrogens is 312 g/mol. The molecule has 0 aromatic heterocycles. The molecule has 2 heteroatoms. The fourth-order valence-corrected chi connectivity index (χ4v) is 2.01. The molecule has 0 saturated heterocycles. The second-order valence-corrected chi connectivity index (χ2v) is 4.86. The van der Waals surface area contributed by atoms with Crippen molar-refractivity contribution in [1.29, 1.82) is 0 Å². The molecule has 0 aromatic carbocycles. The van der Waals surface area contributed by atoms with E-state index in [9.17, 15) is 0 Å². The molecular formula is C7H18AuP+2. The summed E-state index contributed by atoms with van der Waals surface area (Å²) in [5, 5.41) is 0. The summed E-state index contributed by atoms with van der Waals surface area (Å²) >= 11 is 0. The zero-order valence-corrected chi connectivity index (χ0v) is 9.93. The molecule has 0 bridgehead atoms. The van der Waals surface area contributed by atoms with E-state index in [-0.39, 0.29) is 29.8 Å². The van der Waals surface area contributed by atoms with Gasteiger partial charge in [0.2, 0.25) is 0 Å². The molecule has 0 heterocycles. The molecule has 0 aliphatic heterocycles. The van der Waals surface area contributed by atoms with E-state index in [1.54, 1.807) is 0 Å². The number of rotatable bonds is 3. The van der Waals surface area contributed by atoms with Gasteiger partial charge in [0, 0.05) is 0 Å². The molecule has 0 unspecified atom stereocenters. The van der Waals surface area contributed by atoms with Gasteiger partial charge in [-0.15, -0.1) is 7.92 Å². The Kier molecular flexibility index (Phi) is 22.0. The third-order valence-corrected chi connectivity index (χ3v) is 4.02. The van der Waals surface area contributed by atoms with Crippen LogP contribution in [0.3, 0.4) is 0 Å². The molecule has 9 heavy (non-hydrogen) atoms. The van der Waals surface area contributed by atoms with Crippen LogP contribution in [0.1, 0.15) is 20.8 Å². The van der Waals surface area contributed by atoms with Crippen LogP contribution in [0.4, 0.5) is 0 Å². The van der Waals surface area contributed by atoms with Crippen molar-refractivity contribution in [2.75, 3.05) is 18.5 Å². The van der Waals surface area contributed by atoms with Gasteiger partial charge in [0.05, 0.1) is 0 Å². The molecule has 0 fully saturated rings. The molecule has 0 nitrogen and oxygen atoms in total. The van der Waals surface area contributed by atoms with E-state index in [1.165, 1.54) is 18.5 Å². The summed E-state index contributed by atoms with van der Waals surface area (Å²) in [7, 11) is 0.446. The third kappa shape index (κ3) is 9.17. The van der Waals surface area contributed by atoms with Crippen molar-refractivity contribution in [3.8, 4) is 0 Å². The van der Waals surface area contributed by atoms with Gasteiger partial charge in [0.1, 0.15) is 0 Å². The summed E-state index contributed by atoms with van der Waals surface area (Å²) in [5.41, 5.74) is 0. The van der Waals surface area contributed by atoms with E-state index in [1.807, 2.05) is 0 Å². The minimum Gasteiger partial charge on any atom is -0.358 e. The Morgan fingerprint density at radius 2 is 1.11 bits per heavy atom. The Hall–Kier alpha value is 1.17. The van der Waals surface area contributed by atoms with Crippen molar-refractivity contribution in [3.05, 3.63) is 7.43 Å². The predicted molar refractivity (Wildman–Crippen MR) is 45.0 cm³/mol. The SMILES string of the molecule is CCP(CC)CC.[Au+3].[CH3-]. The minimum absolute atomic E-state index is 0. The summed E-state index contributed by atoms with van der Waals surface area (Å²) in [6.07, 6.45) is 4.26. The maximum absolute atomic E-state index is 2.29. The van der Waals surface area contributed by atoms with Crippen LogP contribution in [0, 0.1) is 7.43 Å². The molecule has 0 aliphatic rings. The van der Waals surface area contributed by atoms with Crippen LogP contribution in [0.2, 0.25) is 0 Å². The van der Waals surface area contributed by atoms with Gasteiger partial charge in [-0.1, -0.05) is 20.8 Å². The van der Waals surface area contributed by atoms with Crippen LogP contribution in [0.5, 0.6) is 0 Å². The quantitative estimate of drug-likeness (QED) is 0.424. The van der Waals surface area contributed by atoms with Crippen molar-refractivity contribution in [1.82, 2.24) is 0 Å². The van der Waals surface area contributed by atoms with Crippen molar-refractivity contribution in [3.63, 3.8) is 0 Å². The largest absolute Gasteiger partial charge is 3.00 e. The maximum atomic E-state index is 2.29. The first-order chi connectivity index (χ1) is 3.35. The molecule has 0 N–H and O–H groups in total. The molecule has 0 amide bonds. The summed E-state index contributed by atoms with van der Waals surface area (Å²) in [6, 6.07) is 0. The van der Waals surface area contributed by atoms with Gasteiger partial charge in [-0.2, -0.15) is 0 Å². The van der Waals surface area contributed by atoms with E-state index in [4.69, 9.17) is 0 Å². The molecule has 60 valence electrons. The van der Waals surface area contributed by atoms with Crippen LogP contribution in [0.15, 0.2) is 0 Å². The fraction of sp³-hybridized carbons (Fsp3) is 0.857. The van der Waals surface area contributed by atoms with Crippen LogP contribution in [-0.4, -0.2) is 18.5 Å². The molecule has 0 radical (unpaired) electrons. The first kappa shape index (κ1) is 16.6. The summed E-state index contributed by atoms with van der Waals surface area (Å²) in [5.74, 6) is 0. The second kappa shape index (κ2) is 11.9. The van der Waals surface area contributed by atoms with E-state index >= 15 is 0 Å². The zero-order valence-electron chi connectivity index (χ0n) is 6.87.